The number of para-hydroxylation sites is 1. The van der Waals surface area contributed by atoms with E-state index in [-0.39, 0.29) is 17.6 Å². The van der Waals surface area contributed by atoms with Crippen molar-refractivity contribution in [2.75, 3.05) is 43.4 Å². The Kier molecular flexibility index (Phi) is 8.08. The predicted octanol–water partition coefficient (Wildman–Crippen LogP) is 3.18. The number of halogens is 1. The van der Waals surface area contributed by atoms with Gasteiger partial charge >= 0.3 is 0 Å². The van der Waals surface area contributed by atoms with Crippen LogP contribution in [0.1, 0.15) is 12.0 Å². The molecule has 0 unspecified atom stereocenters. The molecule has 0 aliphatic carbocycles. The summed E-state index contributed by atoms with van der Waals surface area (Å²) in [6, 6.07) is 15.9. The number of rotatable bonds is 8. The number of thioether (sulfide) groups is 1. The first kappa shape index (κ1) is 24.1. The van der Waals surface area contributed by atoms with Crippen molar-refractivity contribution in [2.24, 2.45) is 0 Å². The summed E-state index contributed by atoms with van der Waals surface area (Å²) in [5.74, 6) is 0.0993. The van der Waals surface area contributed by atoms with E-state index in [1.54, 1.807) is 10.9 Å². The molecule has 0 saturated carbocycles. The van der Waals surface area contributed by atoms with Crippen molar-refractivity contribution < 1.29 is 9.59 Å². The Morgan fingerprint density at radius 1 is 1.06 bits per heavy atom. The van der Waals surface area contributed by atoms with Gasteiger partial charge in [-0.3, -0.25) is 14.2 Å². The van der Waals surface area contributed by atoms with Crippen LogP contribution >= 0.6 is 23.4 Å². The molecule has 1 aliphatic rings. The number of aryl methyl sites for hydroxylation is 1. The van der Waals surface area contributed by atoms with E-state index in [2.05, 4.69) is 32.5 Å². The molecule has 0 bridgehead atoms. The first-order valence-corrected chi connectivity index (χ1v) is 12.5. The molecular formula is C24H27ClN6O2S. The summed E-state index contributed by atoms with van der Waals surface area (Å²) in [5.41, 5.74) is 3.00. The lowest BCUT2D eigenvalue weighted by molar-refractivity contribution is -0.131. The van der Waals surface area contributed by atoms with Gasteiger partial charge in [-0.25, -0.2) is 0 Å². The fourth-order valence-electron chi connectivity index (χ4n) is 3.73. The summed E-state index contributed by atoms with van der Waals surface area (Å²) in [6.45, 7) is 5.26. The van der Waals surface area contributed by atoms with Gasteiger partial charge in [0, 0.05) is 49.9 Å². The van der Waals surface area contributed by atoms with Crippen LogP contribution in [0.5, 0.6) is 0 Å². The van der Waals surface area contributed by atoms with Gasteiger partial charge in [0.25, 0.3) is 0 Å². The van der Waals surface area contributed by atoms with Gasteiger partial charge in [-0.2, -0.15) is 0 Å². The zero-order valence-corrected chi connectivity index (χ0v) is 20.6. The van der Waals surface area contributed by atoms with E-state index in [4.69, 9.17) is 11.6 Å². The van der Waals surface area contributed by atoms with Crippen LogP contribution in [0.3, 0.4) is 0 Å². The van der Waals surface area contributed by atoms with E-state index >= 15 is 0 Å². The van der Waals surface area contributed by atoms with Gasteiger partial charge in [0.05, 0.1) is 11.4 Å². The third kappa shape index (κ3) is 6.09. The zero-order chi connectivity index (χ0) is 23.9. The van der Waals surface area contributed by atoms with E-state index in [0.717, 1.165) is 24.3 Å². The van der Waals surface area contributed by atoms with E-state index in [9.17, 15) is 9.59 Å². The minimum atomic E-state index is -0.150. The molecule has 10 heteroatoms. The van der Waals surface area contributed by atoms with Crippen LogP contribution in [-0.2, 0) is 9.59 Å². The highest BCUT2D eigenvalue weighted by molar-refractivity contribution is 7.99. The number of carbonyl (C=O) groups excluding carboxylic acids is 2. The summed E-state index contributed by atoms with van der Waals surface area (Å²) in [4.78, 5) is 29.0. The summed E-state index contributed by atoms with van der Waals surface area (Å²) in [5, 5.41) is 12.1. The Bertz CT molecular complexity index is 1130. The lowest BCUT2D eigenvalue weighted by Gasteiger charge is -2.36. The molecule has 2 heterocycles. The molecule has 0 spiro atoms. The third-order valence-electron chi connectivity index (χ3n) is 5.70. The number of nitrogens with zero attached hydrogens (tertiary/aromatic N) is 5. The van der Waals surface area contributed by atoms with Crippen molar-refractivity contribution in [3.05, 3.63) is 65.4 Å². The highest BCUT2D eigenvalue weighted by atomic mass is 35.5. The highest BCUT2D eigenvalue weighted by Gasteiger charge is 2.21. The first-order valence-electron chi connectivity index (χ1n) is 11.1. The predicted molar refractivity (Wildman–Crippen MR) is 135 cm³/mol. The van der Waals surface area contributed by atoms with E-state index < -0.39 is 0 Å². The maximum absolute atomic E-state index is 12.5. The minimum absolute atomic E-state index is 0.0663. The summed E-state index contributed by atoms with van der Waals surface area (Å²) in [6.07, 6.45) is 1.89. The fraction of sp³-hybridized carbons (Fsp3) is 0.333. The quantitative estimate of drug-likeness (QED) is 0.480. The lowest BCUT2D eigenvalue weighted by Crippen LogP contribution is -2.49. The number of benzene rings is 2. The van der Waals surface area contributed by atoms with Crippen LogP contribution in [0.25, 0.3) is 5.69 Å². The van der Waals surface area contributed by atoms with E-state index in [1.807, 2.05) is 48.2 Å². The fourth-order valence-corrected chi connectivity index (χ4v) is 4.67. The molecular weight excluding hydrogens is 472 g/mol. The second-order valence-corrected chi connectivity index (χ2v) is 9.36. The molecule has 8 nitrogen and oxygen atoms in total. The summed E-state index contributed by atoms with van der Waals surface area (Å²) < 4.78 is 1.79. The van der Waals surface area contributed by atoms with Gasteiger partial charge in [-0.1, -0.05) is 47.6 Å². The molecule has 1 aromatic heterocycles. The Hall–Kier alpha value is -3.04. The molecule has 3 aromatic rings. The van der Waals surface area contributed by atoms with Gasteiger partial charge in [-0.15, -0.1) is 10.2 Å². The average molecular weight is 499 g/mol. The molecule has 178 valence electrons. The summed E-state index contributed by atoms with van der Waals surface area (Å²) in [7, 11) is 0. The Morgan fingerprint density at radius 2 is 1.82 bits per heavy atom. The number of anilines is 1. The second-order valence-electron chi connectivity index (χ2n) is 8.01. The molecule has 0 radical (unpaired) electrons. The van der Waals surface area contributed by atoms with Crippen molar-refractivity contribution in [2.45, 2.75) is 18.5 Å². The lowest BCUT2D eigenvalue weighted by atomic mass is 10.2. The number of hydrogen-bond acceptors (Lipinski definition) is 6. The standard InChI is InChI=1S/C24H27ClN6O2S/c1-18-7-8-20(15-21(18)25)31-17-27-28-24(31)34-16-22(32)26-10-9-23(33)30-13-11-29(12-14-30)19-5-3-2-4-6-19/h2-8,15,17H,9-14,16H2,1H3,(H,26,32). The zero-order valence-electron chi connectivity index (χ0n) is 19.0. The second kappa shape index (κ2) is 11.4. The van der Waals surface area contributed by atoms with Gasteiger partial charge < -0.3 is 15.1 Å². The van der Waals surface area contributed by atoms with Crippen LogP contribution in [0.2, 0.25) is 5.02 Å². The minimum Gasteiger partial charge on any atom is -0.368 e. The average Bonchev–Trinajstić information content (AvgIpc) is 3.34. The molecule has 1 aliphatic heterocycles. The summed E-state index contributed by atoms with van der Waals surface area (Å²) >= 11 is 7.51. The van der Waals surface area contributed by atoms with E-state index in [0.29, 0.717) is 36.2 Å². The van der Waals surface area contributed by atoms with Crippen LogP contribution in [0.4, 0.5) is 5.69 Å². The number of piperazine rings is 1. The number of hydrogen-bond donors (Lipinski definition) is 1. The van der Waals surface area contributed by atoms with Crippen molar-refractivity contribution in [3.63, 3.8) is 0 Å². The number of nitrogens with one attached hydrogen (secondary N) is 1. The maximum atomic E-state index is 12.5. The molecule has 2 amide bonds. The van der Waals surface area contributed by atoms with Crippen LogP contribution < -0.4 is 10.2 Å². The van der Waals surface area contributed by atoms with Crippen molar-refractivity contribution in [1.29, 1.82) is 0 Å². The smallest absolute Gasteiger partial charge is 0.230 e. The van der Waals surface area contributed by atoms with Gasteiger partial charge in [0.1, 0.15) is 6.33 Å². The monoisotopic (exact) mass is 498 g/mol. The molecule has 4 rings (SSSR count). The third-order valence-corrected chi connectivity index (χ3v) is 7.05. The largest absolute Gasteiger partial charge is 0.368 e. The van der Waals surface area contributed by atoms with Crippen molar-refractivity contribution in [1.82, 2.24) is 25.0 Å². The molecule has 0 atom stereocenters. The number of carbonyl (C=O) groups is 2. The topological polar surface area (TPSA) is 83.4 Å². The molecule has 34 heavy (non-hydrogen) atoms. The van der Waals surface area contributed by atoms with Crippen LogP contribution in [-0.4, -0.2) is 70.0 Å². The highest BCUT2D eigenvalue weighted by Crippen LogP contribution is 2.23. The van der Waals surface area contributed by atoms with E-state index in [1.165, 1.54) is 17.4 Å². The van der Waals surface area contributed by atoms with Crippen LogP contribution in [0, 0.1) is 6.92 Å². The van der Waals surface area contributed by atoms with Gasteiger partial charge in [0.2, 0.25) is 11.8 Å². The number of amides is 2. The van der Waals surface area contributed by atoms with Gasteiger partial charge in [0.15, 0.2) is 5.16 Å². The van der Waals surface area contributed by atoms with Crippen molar-refractivity contribution >= 4 is 40.9 Å². The Balaban J connectivity index is 1.18. The molecule has 1 N–H and O–H groups in total. The molecule has 1 saturated heterocycles. The maximum Gasteiger partial charge on any atom is 0.230 e. The number of aromatic nitrogens is 3. The van der Waals surface area contributed by atoms with Crippen molar-refractivity contribution in [3.8, 4) is 5.69 Å². The first-order chi connectivity index (χ1) is 16.5. The molecule has 1 fully saturated rings. The Morgan fingerprint density at radius 3 is 2.56 bits per heavy atom. The van der Waals surface area contributed by atoms with Crippen LogP contribution in [0.15, 0.2) is 60.0 Å². The SMILES string of the molecule is Cc1ccc(-n2cnnc2SCC(=O)NCCC(=O)N2CCN(c3ccccc3)CC2)cc1Cl. The molecule has 2 aromatic carbocycles. The Labute approximate surface area is 208 Å². The van der Waals surface area contributed by atoms with Gasteiger partial charge in [-0.05, 0) is 36.8 Å². The normalized spacial score (nSPS) is 13.7.